The first kappa shape index (κ1) is 14.7. The van der Waals surface area contributed by atoms with Crippen molar-refractivity contribution in [1.82, 2.24) is 15.0 Å². The van der Waals surface area contributed by atoms with Gasteiger partial charge in [-0.15, -0.1) is 5.10 Å². The molecular formula is C15H17N3O4. The van der Waals surface area contributed by atoms with Crippen LogP contribution in [0.1, 0.15) is 16.4 Å². The van der Waals surface area contributed by atoms with E-state index in [1.807, 2.05) is 18.3 Å². The van der Waals surface area contributed by atoms with Crippen molar-refractivity contribution >= 4 is 5.97 Å². The molecule has 2 atom stereocenters. The number of ether oxygens (including phenoxy) is 3. The molecule has 2 aromatic rings. The molecule has 0 aliphatic carbocycles. The number of aromatic nitrogens is 3. The van der Waals surface area contributed by atoms with Crippen LogP contribution in [0.4, 0.5) is 0 Å². The van der Waals surface area contributed by atoms with Crippen molar-refractivity contribution in [2.24, 2.45) is 0 Å². The standard InChI is InChI=1S/C15H17N3O4/c1-20-14-9-22-8-13(14)18-7-12(16-17-18)10-3-5-11(6-4-10)15(19)21-2/h3-7,13-14H,8-9H2,1-2H3/t13-,14-/m1/s1. The quantitative estimate of drug-likeness (QED) is 0.793. The van der Waals surface area contributed by atoms with Crippen LogP contribution in [0.15, 0.2) is 30.5 Å². The lowest BCUT2D eigenvalue weighted by Crippen LogP contribution is -2.24. The molecule has 7 nitrogen and oxygen atoms in total. The zero-order valence-corrected chi connectivity index (χ0v) is 12.4. The summed E-state index contributed by atoms with van der Waals surface area (Å²) >= 11 is 0. The first-order valence-corrected chi connectivity index (χ1v) is 6.94. The molecule has 0 unspecified atom stereocenters. The molecule has 0 amide bonds. The average molecular weight is 303 g/mol. The van der Waals surface area contributed by atoms with Crippen molar-refractivity contribution in [3.05, 3.63) is 36.0 Å². The summed E-state index contributed by atoms with van der Waals surface area (Å²) in [4.78, 5) is 11.4. The van der Waals surface area contributed by atoms with E-state index >= 15 is 0 Å². The summed E-state index contributed by atoms with van der Waals surface area (Å²) in [5.74, 6) is -0.360. The van der Waals surface area contributed by atoms with Gasteiger partial charge in [-0.1, -0.05) is 17.3 Å². The van der Waals surface area contributed by atoms with Gasteiger partial charge in [-0.3, -0.25) is 0 Å². The van der Waals surface area contributed by atoms with Crippen molar-refractivity contribution in [2.75, 3.05) is 27.4 Å². The molecule has 0 radical (unpaired) electrons. The molecule has 116 valence electrons. The van der Waals surface area contributed by atoms with Crippen molar-refractivity contribution in [2.45, 2.75) is 12.1 Å². The Kier molecular flexibility index (Phi) is 4.17. The lowest BCUT2D eigenvalue weighted by Gasteiger charge is -2.15. The predicted molar refractivity (Wildman–Crippen MR) is 77.5 cm³/mol. The molecule has 0 bridgehead atoms. The van der Waals surface area contributed by atoms with E-state index in [0.717, 1.165) is 11.3 Å². The van der Waals surface area contributed by atoms with Gasteiger partial charge < -0.3 is 14.2 Å². The number of rotatable bonds is 4. The molecule has 0 spiro atoms. The van der Waals surface area contributed by atoms with E-state index in [1.54, 1.807) is 23.9 Å². The van der Waals surface area contributed by atoms with Gasteiger partial charge in [0.1, 0.15) is 17.8 Å². The van der Waals surface area contributed by atoms with Gasteiger partial charge in [-0.25, -0.2) is 9.48 Å². The summed E-state index contributed by atoms with van der Waals surface area (Å²) in [6.07, 6.45) is 1.84. The normalized spacial score (nSPS) is 21.0. The van der Waals surface area contributed by atoms with Crippen LogP contribution in [0.5, 0.6) is 0 Å². The Labute approximate surface area is 127 Å². The van der Waals surface area contributed by atoms with E-state index in [0.29, 0.717) is 18.8 Å². The van der Waals surface area contributed by atoms with Gasteiger partial charge in [-0.2, -0.15) is 0 Å². The van der Waals surface area contributed by atoms with E-state index < -0.39 is 0 Å². The highest BCUT2D eigenvalue weighted by Gasteiger charge is 2.30. The molecule has 1 fully saturated rings. The second-order valence-electron chi connectivity index (χ2n) is 5.03. The maximum absolute atomic E-state index is 11.4. The Morgan fingerprint density at radius 1 is 1.27 bits per heavy atom. The number of carbonyl (C=O) groups excluding carboxylic acids is 1. The molecule has 0 N–H and O–H groups in total. The molecule has 1 aliphatic rings. The van der Waals surface area contributed by atoms with Crippen LogP contribution in [0, 0.1) is 0 Å². The van der Waals surface area contributed by atoms with Crippen LogP contribution < -0.4 is 0 Å². The van der Waals surface area contributed by atoms with Gasteiger partial charge in [0.15, 0.2) is 0 Å². The van der Waals surface area contributed by atoms with E-state index in [-0.39, 0.29) is 18.1 Å². The van der Waals surface area contributed by atoms with Gasteiger partial charge in [0.25, 0.3) is 0 Å². The molecule has 7 heteroatoms. The molecule has 3 rings (SSSR count). The smallest absolute Gasteiger partial charge is 0.337 e. The molecule has 1 saturated heterocycles. The van der Waals surface area contributed by atoms with Crippen LogP contribution in [0.3, 0.4) is 0 Å². The maximum Gasteiger partial charge on any atom is 0.337 e. The Bertz CT molecular complexity index is 653. The largest absolute Gasteiger partial charge is 0.465 e. The number of hydrogen-bond acceptors (Lipinski definition) is 6. The van der Waals surface area contributed by atoms with Crippen LogP contribution in [0.25, 0.3) is 11.3 Å². The molecule has 1 aromatic heterocycles. The van der Waals surface area contributed by atoms with Gasteiger partial charge in [0, 0.05) is 12.7 Å². The summed E-state index contributed by atoms with van der Waals surface area (Å²) in [6, 6.07) is 7.08. The second kappa shape index (κ2) is 6.25. The summed E-state index contributed by atoms with van der Waals surface area (Å²) in [5.41, 5.74) is 2.12. The summed E-state index contributed by atoms with van der Waals surface area (Å²) < 4.78 is 17.2. The fraction of sp³-hybridized carbons (Fsp3) is 0.400. The van der Waals surface area contributed by atoms with Gasteiger partial charge in [0.2, 0.25) is 0 Å². The minimum Gasteiger partial charge on any atom is -0.465 e. The lowest BCUT2D eigenvalue weighted by atomic mass is 10.1. The topological polar surface area (TPSA) is 75.5 Å². The van der Waals surface area contributed by atoms with Crippen LogP contribution in [-0.4, -0.2) is 54.5 Å². The summed E-state index contributed by atoms with van der Waals surface area (Å²) in [7, 11) is 3.02. The van der Waals surface area contributed by atoms with Crippen LogP contribution in [-0.2, 0) is 14.2 Å². The highest BCUT2D eigenvalue weighted by atomic mass is 16.5. The highest BCUT2D eigenvalue weighted by Crippen LogP contribution is 2.24. The minimum absolute atomic E-state index is 0.0174. The second-order valence-corrected chi connectivity index (χ2v) is 5.03. The molecular weight excluding hydrogens is 286 g/mol. The van der Waals surface area contributed by atoms with Crippen LogP contribution in [0.2, 0.25) is 0 Å². The van der Waals surface area contributed by atoms with Crippen molar-refractivity contribution in [3.8, 4) is 11.3 Å². The zero-order chi connectivity index (χ0) is 15.5. The Morgan fingerprint density at radius 2 is 2.05 bits per heavy atom. The van der Waals surface area contributed by atoms with E-state index in [1.165, 1.54) is 7.11 Å². The van der Waals surface area contributed by atoms with E-state index in [2.05, 4.69) is 15.0 Å². The fourth-order valence-corrected chi connectivity index (χ4v) is 2.46. The summed E-state index contributed by atoms with van der Waals surface area (Å²) in [5, 5.41) is 8.34. The first-order valence-electron chi connectivity index (χ1n) is 6.94. The summed E-state index contributed by atoms with van der Waals surface area (Å²) in [6.45, 7) is 1.12. The Balaban J connectivity index is 1.80. The third-order valence-electron chi connectivity index (χ3n) is 3.75. The number of benzene rings is 1. The van der Waals surface area contributed by atoms with Crippen molar-refractivity contribution in [3.63, 3.8) is 0 Å². The average Bonchev–Trinajstić information content (AvgIpc) is 3.22. The third kappa shape index (κ3) is 2.72. The van der Waals surface area contributed by atoms with Crippen molar-refractivity contribution in [1.29, 1.82) is 0 Å². The highest BCUT2D eigenvalue weighted by molar-refractivity contribution is 5.89. The van der Waals surface area contributed by atoms with Gasteiger partial charge >= 0.3 is 5.97 Å². The minimum atomic E-state index is -0.360. The monoisotopic (exact) mass is 303 g/mol. The predicted octanol–water partition coefficient (Wildman–Crippen LogP) is 1.32. The molecule has 1 aromatic carbocycles. The van der Waals surface area contributed by atoms with Gasteiger partial charge in [0.05, 0.1) is 32.1 Å². The Morgan fingerprint density at radius 3 is 2.73 bits per heavy atom. The van der Waals surface area contributed by atoms with Crippen molar-refractivity contribution < 1.29 is 19.0 Å². The molecule has 2 heterocycles. The number of carbonyl (C=O) groups is 1. The number of esters is 1. The number of methoxy groups -OCH3 is 2. The first-order chi connectivity index (χ1) is 10.7. The molecule has 22 heavy (non-hydrogen) atoms. The lowest BCUT2D eigenvalue weighted by molar-refractivity contribution is 0.0600. The molecule has 0 saturated carbocycles. The maximum atomic E-state index is 11.4. The third-order valence-corrected chi connectivity index (χ3v) is 3.75. The number of hydrogen-bond donors (Lipinski definition) is 0. The van der Waals surface area contributed by atoms with Crippen LogP contribution >= 0.6 is 0 Å². The Hall–Kier alpha value is -2.25. The zero-order valence-electron chi connectivity index (χ0n) is 12.4. The van der Waals surface area contributed by atoms with E-state index in [4.69, 9.17) is 9.47 Å². The van der Waals surface area contributed by atoms with Gasteiger partial charge in [-0.05, 0) is 12.1 Å². The molecule has 1 aliphatic heterocycles. The van der Waals surface area contributed by atoms with E-state index in [9.17, 15) is 4.79 Å². The fourth-order valence-electron chi connectivity index (χ4n) is 2.46. The SMILES string of the molecule is COC(=O)c1ccc(-c2cn([C@@H]3COC[C@H]3OC)nn2)cc1. The number of nitrogens with zero attached hydrogens (tertiary/aromatic N) is 3.